The van der Waals surface area contributed by atoms with Crippen molar-refractivity contribution in [3.8, 4) is 5.75 Å². The molecule has 0 bridgehead atoms. The normalized spacial score (nSPS) is 10.7. The number of aryl methyl sites for hydroxylation is 1. The number of halogens is 1. The number of ether oxygens (including phenoxy) is 1. The molecule has 0 aliphatic rings. The van der Waals surface area contributed by atoms with Gasteiger partial charge in [-0.05, 0) is 30.2 Å². The maximum absolute atomic E-state index is 12.3. The SMILES string of the molecule is CCc1cc(=O)oc2cc(OC(=O)c3ccc([N+](=O)[O-])cc3Cl)ccc12. The van der Waals surface area contributed by atoms with E-state index in [1.807, 2.05) is 6.92 Å². The maximum atomic E-state index is 12.3. The van der Waals surface area contributed by atoms with Crippen LogP contribution >= 0.6 is 11.6 Å². The molecule has 0 spiro atoms. The van der Waals surface area contributed by atoms with Gasteiger partial charge in [-0.3, -0.25) is 10.1 Å². The van der Waals surface area contributed by atoms with E-state index in [1.54, 1.807) is 12.1 Å². The lowest BCUT2D eigenvalue weighted by Gasteiger charge is -2.08. The quantitative estimate of drug-likeness (QED) is 0.224. The Morgan fingerprint density at radius 3 is 2.65 bits per heavy atom. The molecule has 0 radical (unpaired) electrons. The van der Waals surface area contributed by atoms with Crippen molar-refractivity contribution in [3.05, 3.63) is 79.1 Å². The minimum atomic E-state index is -0.779. The highest BCUT2D eigenvalue weighted by Gasteiger charge is 2.17. The van der Waals surface area contributed by atoms with Crippen LogP contribution in [0.1, 0.15) is 22.8 Å². The lowest BCUT2D eigenvalue weighted by molar-refractivity contribution is -0.384. The molecule has 8 heteroatoms. The molecule has 0 aliphatic heterocycles. The molecule has 1 aromatic heterocycles. The smallest absolute Gasteiger partial charge is 0.345 e. The molecule has 2 aromatic carbocycles. The highest BCUT2D eigenvalue weighted by molar-refractivity contribution is 6.33. The van der Waals surface area contributed by atoms with Gasteiger partial charge >= 0.3 is 11.6 Å². The van der Waals surface area contributed by atoms with Gasteiger partial charge in [0.15, 0.2) is 0 Å². The summed E-state index contributed by atoms with van der Waals surface area (Å²) in [5, 5.41) is 11.4. The van der Waals surface area contributed by atoms with Crippen LogP contribution in [0.3, 0.4) is 0 Å². The van der Waals surface area contributed by atoms with Crippen LogP contribution in [0.5, 0.6) is 5.75 Å². The summed E-state index contributed by atoms with van der Waals surface area (Å²) in [5.74, 6) is -0.619. The Bertz CT molecular complexity index is 1090. The van der Waals surface area contributed by atoms with Gasteiger partial charge in [0, 0.05) is 29.7 Å². The number of nitrogens with zero attached hydrogens (tertiary/aromatic N) is 1. The summed E-state index contributed by atoms with van der Waals surface area (Å²) < 4.78 is 10.4. The number of non-ortho nitro benzene ring substituents is 1. The van der Waals surface area contributed by atoms with Gasteiger partial charge < -0.3 is 9.15 Å². The van der Waals surface area contributed by atoms with Gasteiger partial charge in [0.05, 0.1) is 15.5 Å². The van der Waals surface area contributed by atoms with E-state index in [2.05, 4.69) is 0 Å². The van der Waals surface area contributed by atoms with E-state index < -0.39 is 16.5 Å². The first-order valence-electron chi connectivity index (χ1n) is 7.62. The fourth-order valence-electron chi connectivity index (χ4n) is 2.51. The van der Waals surface area contributed by atoms with E-state index in [0.717, 1.165) is 23.1 Å². The lowest BCUT2D eigenvalue weighted by Crippen LogP contribution is -2.09. The van der Waals surface area contributed by atoms with Crippen molar-refractivity contribution < 1.29 is 18.9 Å². The molecule has 7 nitrogen and oxygen atoms in total. The van der Waals surface area contributed by atoms with Gasteiger partial charge in [0.25, 0.3) is 5.69 Å². The predicted octanol–water partition coefficient (Wildman–Crippen LogP) is 4.14. The molecule has 3 rings (SSSR count). The molecule has 132 valence electrons. The zero-order valence-electron chi connectivity index (χ0n) is 13.5. The number of carbonyl (C=O) groups excluding carboxylic acids is 1. The Balaban J connectivity index is 1.92. The van der Waals surface area contributed by atoms with Crippen LogP contribution in [0.15, 0.2) is 51.7 Å². The maximum Gasteiger partial charge on any atom is 0.345 e. The molecule has 0 amide bonds. The van der Waals surface area contributed by atoms with Crippen molar-refractivity contribution in [3.63, 3.8) is 0 Å². The Hall–Kier alpha value is -3.19. The Morgan fingerprint density at radius 2 is 2.00 bits per heavy atom. The highest BCUT2D eigenvalue weighted by Crippen LogP contribution is 2.26. The molecule has 3 aromatic rings. The summed E-state index contributed by atoms with van der Waals surface area (Å²) in [4.78, 5) is 34.0. The third-order valence-corrected chi connectivity index (χ3v) is 4.09. The highest BCUT2D eigenvalue weighted by atomic mass is 35.5. The Labute approximate surface area is 151 Å². The van der Waals surface area contributed by atoms with Gasteiger partial charge in [-0.2, -0.15) is 0 Å². The van der Waals surface area contributed by atoms with E-state index in [9.17, 15) is 19.7 Å². The van der Waals surface area contributed by atoms with Crippen LogP contribution in [0.25, 0.3) is 11.0 Å². The molecule has 0 saturated heterocycles. The number of hydrogen-bond acceptors (Lipinski definition) is 6. The molecule has 26 heavy (non-hydrogen) atoms. The average molecular weight is 374 g/mol. The molecule has 0 unspecified atom stereocenters. The van der Waals surface area contributed by atoms with Crippen LogP contribution in [0, 0.1) is 10.1 Å². The second-order valence-electron chi connectivity index (χ2n) is 5.41. The number of esters is 1. The number of carbonyl (C=O) groups is 1. The van der Waals surface area contributed by atoms with Gasteiger partial charge in [0.2, 0.25) is 0 Å². The van der Waals surface area contributed by atoms with Crippen LogP contribution in [-0.4, -0.2) is 10.9 Å². The van der Waals surface area contributed by atoms with Crippen molar-refractivity contribution in [1.29, 1.82) is 0 Å². The van der Waals surface area contributed by atoms with Crippen molar-refractivity contribution in [1.82, 2.24) is 0 Å². The molecule has 1 heterocycles. The van der Waals surface area contributed by atoms with Gasteiger partial charge in [0.1, 0.15) is 11.3 Å². The molecular formula is C18H12ClNO6. The molecule has 0 N–H and O–H groups in total. The summed E-state index contributed by atoms with van der Waals surface area (Å²) in [7, 11) is 0. The molecule has 0 atom stereocenters. The number of nitro groups is 1. The minimum Gasteiger partial charge on any atom is -0.423 e. The van der Waals surface area contributed by atoms with Crippen molar-refractivity contribution in [2.75, 3.05) is 0 Å². The van der Waals surface area contributed by atoms with Gasteiger partial charge in [-0.1, -0.05) is 18.5 Å². The van der Waals surface area contributed by atoms with E-state index >= 15 is 0 Å². The first kappa shape index (κ1) is 17.6. The fraction of sp³-hybridized carbons (Fsp3) is 0.111. The first-order chi connectivity index (χ1) is 12.4. The number of nitro benzene ring substituents is 1. The standard InChI is InChI=1S/C18H12ClNO6/c1-2-10-7-17(21)26-16-9-12(4-6-13(10)16)25-18(22)14-5-3-11(20(23)24)8-15(14)19/h3-9H,2H2,1H3. The summed E-state index contributed by atoms with van der Waals surface area (Å²) in [6, 6.07) is 9.58. The third kappa shape index (κ3) is 3.43. The summed E-state index contributed by atoms with van der Waals surface area (Å²) in [6.45, 7) is 1.92. The number of rotatable bonds is 4. The molecule has 0 aliphatic carbocycles. The van der Waals surface area contributed by atoms with E-state index in [4.69, 9.17) is 20.8 Å². The number of fused-ring (bicyclic) bond motifs is 1. The van der Waals surface area contributed by atoms with Crippen LogP contribution in [-0.2, 0) is 6.42 Å². The topological polar surface area (TPSA) is 99.7 Å². The Morgan fingerprint density at radius 1 is 1.23 bits per heavy atom. The fourth-order valence-corrected chi connectivity index (χ4v) is 2.76. The monoisotopic (exact) mass is 373 g/mol. The second-order valence-corrected chi connectivity index (χ2v) is 5.82. The van der Waals surface area contributed by atoms with Crippen LogP contribution in [0.4, 0.5) is 5.69 Å². The number of hydrogen-bond donors (Lipinski definition) is 0. The molecule has 0 fully saturated rings. The van der Waals surface area contributed by atoms with Crippen molar-refractivity contribution in [2.45, 2.75) is 13.3 Å². The summed E-state index contributed by atoms with van der Waals surface area (Å²) in [5.41, 5.74) is 0.394. The summed E-state index contributed by atoms with van der Waals surface area (Å²) in [6.07, 6.45) is 0.652. The first-order valence-corrected chi connectivity index (χ1v) is 7.99. The Kier molecular flexibility index (Phi) is 4.73. The molecule has 0 saturated carbocycles. The molecular weight excluding hydrogens is 362 g/mol. The van der Waals surface area contributed by atoms with Crippen molar-refractivity contribution >= 4 is 34.2 Å². The second kappa shape index (κ2) is 6.97. The van der Waals surface area contributed by atoms with Gasteiger partial charge in [-0.15, -0.1) is 0 Å². The van der Waals surface area contributed by atoms with E-state index in [1.165, 1.54) is 18.2 Å². The largest absolute Gasteiger partial charge is 0.423 e. The van der Waals surface area contributed by atoms with Gasteiger partial charge in [-0.25, -0.2) is 9.59 Å². The van der Waals surface area contributed by atoms with Crippen LogP contribution in [0.2, 0.25) is 5.02 Å². The zero-order valence-corrected chi connectivity index (χ0v) is 14.3. The van der Waals surface area contributed by atoms with E-state index in [0.29, 0.717) is 12.0 Å². The zero-order chi connectivity index (χ0) is 18.8. The average Bonchev–Trinajstić information content (AvgIpc) is 2.60. The lowest BCUT2D eigenvalue weighted by atomic mass is 10.1. The van der Waals surface area contributed by atoms with E-state index in [-0.39, 0.29) is 22.0 Å². The third-order valence-electron chi connectivity index (χ3n) is 3.78. The summed E-state index contributed by atoms with van der Waals surface area (Å²) >= 11 is 5.92. The van der Waals surface area contributed by atoms with Crippen molar-refractivity contribution in [2.24, 2.45) is 0 Å². The number of benzene rings is 2. The minimum absolute atomic E-state index is 0.0128. The van der Waals surface area contributed by atoms with Crippen LogP contribution < -0.4 is 10.4 Å². The predicted molar refractivity (Wildman–Crippen MR) is 94.9 cm³/mol.